The zero-order valence-electron chi connectivity index (χ0n) is 14.7. The second-order valence-corrected chi connectivity index (χ2v) is 7.27. The van der Waals surface area contributed by atoms with E-state index in [0.29, 0.717) is 17.2 Å². The zero-order chi connectivity index (χ0) is 16.8. The van der Waals surface area contributed by atoms with Crippen LogP contribution < -0.4 is 10.1 Å². The van der Waals surface area contributed by atoms with Gasteiger partial charge in [0, 0.05) is 17.6 Å². The molecular weight excluding hydrogens is 392 g/mol. The van der Waals surface area contributed by atoms with Crippen LogP contribution in [0.3, 0.4) is 0 Å². The molecule has 0 unspecified atom stereocenters. The lowest BCUT2D eigenvalue weighted by molar-refractivity contribution is 0.0684. The van der Waals surface area contributed by atoms with Crippen LogP contribution in [0.2, 0.25) is 0 Å². The van der Waals surface area contributed by atoms with Crippen LogP contribution in [0.15, 0.2) is 22.7 Å². The van der Waals surface area contributed by atoms with Gasteiger partial charge in [0.2, 0.25) is 0 Å². The molecule has 1 aliphatic rings. The molecule has 0 atom stereocenters. The molecule has 1 heterocycles. The Labute approximate surface area is 159 Å². The minimum atomic E-state index is 0. The van der Waals surface area contributed by atoms with Crippen LogP contribution >= 0.6 is 28.3 Å². The Morgan fingerprint density at radius 2 is 2.04 bits per heavy atom. The second kappa shape index (κ2) is 10.3. The van der Waals surface area contributed by atoms with Crippen LogP contribution in [-0.2, 0) is 0 Å². The van der Waals surface area contributed by atoms with Gasteiger partial charge >= 0.3 is 0 Å². The first-order valence-electron chi connectivity index (χ1n) is 8.47. The van der Waals surface area contributed by atoms with Crippen molar-refractivity contribution in [2.45, 2.75) is 39.7 Å². The number of rotatable bonds is 6. The summed E-state index contributed by atoms with van der Waals surface area (Å²) in [4.78, 5) is 14.8. The van der Waals surface area contributed by atoms with Crippen LogP contribution in [0.5, 0.6) is 5.75 Å². The van der Waals surface area contributed by atoms with E-state index in [1.165, 1.54) is 0 Å². The average Bonchev–Trinajstić information content (AvgIpc) is 2.52. The first-order chi connectivity index (χ1) is 11.0. The number of nitrogens with one attached hydrogen (secondary N) is 1. The molecule has 0 radical (unpaired) electrons. The molecule has 4 nitrogen and oxygen atoms in total. The normalized spacial score (nSPS) is 15.3. The molecule has 0 spiro atoms. The van der Waals surface area contributed by atoms with Gasteiger partial charge in [0.25, 0.3) is 5.91 Å². The van der Waals surface area contributed by atoms with E-state index < -0.39 is 0 Å². The van der Waals surface area contributed by atoms with Crippen molar-refractivity contribution < 1.29 is 9.53 Å². The Bertz CT molecular complexity index is 532. The number of carbonyl (C=O) groups excluding carboxylic acids is 1. The van der Waals surface area contributed by atoms with Gasteiger partial charge < -0.3 is 15.0 Å². The van der Waals surface area contributed by atoms with Crippen molar-refractivity contribution in [3.8, 4) is 5.75 Å². The highest BCUT2D eigenvalue weighted by atomic mass is 79.9. The van der Waals surface area contributed by atoms with Gasteiger partial charge in [-0.2, -0.15) is 0 Å². The predicted molar refractivity (Wildman–Crippen MR) is 104 cm³/mol. The largest absolute Gasteiger partial charge is 0.490 e. The molecule has 0 saturated carbocycles. The summed E-state index contributed by atoms with van der Waals surface area (Å²) in [6.07, 6.45) is 2.17. The summed E-state index contributed by atoms with van der Waals surface area (Å²) in [5.74, 6) is 1.42. The SMILES string of the molecule is CCNCC1CCN(C(=O)c2ccc(Br)cc2OC(C)C)CC1.Cl. The van der Waals surface area contributed by atoms with Gasteiger partial charge in [0.05, 0.1) is 11.7 Å². The van der Waals surface area contributed by atoms with E-state index in [1.807, 2.05) is 36.9 Å². The number of halogens is 2. The molecule has 1 fully saturated rings. The maximum absolute atomic E-state index is 12.8. The fraction of sp³-hybridized carbons (Fsp3) is 0.611. The molecule has 1 aromatic carbocycles. The first kappa shape index (κ1) is 21.3. The van der Waals surface area contributed by atoms with E-state index in [9.17, 15) is 4.79 Å². The van der Waals surface area contributed by atoms with E-state index in [0.717, 1.165) is 43.5 Å². The fourth-order valence-corrected chi connectivity index (χ4v) is 3.22. The highest BCUT2D eigenvalue weighted by Gasteiger charge is 2.25. The molecular formula is C18H28BrClN2O2. The minimum absolute atomic E-state index is 0. The Kier molecular flexibility index (Phi) is 9.09. The topological polar surface area (TPSA) is 41.6 Å². The molecule has 0 aliphatic carbocycles. The third kappa shape index (κ3) is 5.94. The van der Waals surface area contributed by atoms with Gasteiger partial charge in [-0.15, -0.1) is 12.4 Å². The molecule has 24 heavy (non-hydrogen) atoms. The number of carbonyl (C=O) groups is 1. The molecule has 1 aromatic rings. The van der Waals surface area contributed by atoms with E-state index >= 15 is 0 Å². The predicted octanol–water partition coefficient (Wildman–Crippen LogP) is 4.12. The molecule has 6 heteroatoms. The van der Waals surface area contributed by atoms with Crippen molar-refractivity contribution >= 4 is 34.2 Å². The summed E-state index contributed by atoms with van der Waals surface area (Å²) in [5, 5.41) is 3.40. The summed E-state index contributed by atoms with van der Waals surface area (Å²) in [5.41, 5.74) is 0.659. The summed E-state index contributed by atoms with van der Waals surface area (Å²) in [6.45, 7) is 9.79. The number of likely N-dealkylation sites (tertiary alicyclic amines) is 1. The fourth-order valence-electron chi connectivity index (χ4n) is 2.88. The third-order valence-corrected chi connectivity index (χ3v) is 4.61. The molecule has 0 aromatic heterocycles. The van der Waals surface area contributed by atoms with Crippen LogP contribution in [0, 0.1) is 5.92 Å². The Morgan fingerprint density at radius 3 is 2.62 bits per heavy atom. The number of piperidine rings is 1. The minimum Gasteiger partial charge on any atom is -0.490 e. The van der Waals surface area contributed by atoms with Crippen molar-refractivity contribution in [3.05, 3.63) is 28.2 Å². The quantitative estimate of drug-likeness (QED) is 0.754. The molecule has 136 valence electrons. The lowest BCUT2D eigenvalue weighted by atomic mass is 9.96. The Morgan fingerprint density at radius 1 is 1.38 bits per heavy atom. The van der Waals surface area contributed by atoms with Crippen molar-refractivity contribution in [1.29, 1.82) is 0 Å². The van der Waals surface area contributed by atoms with Gasteiger partial charge in [0.1, 0.15) is 5.75 Å². The zero-order valence-corrected chi connectivity index (χ0v) is 17.1. The molecule has 1 N–H and O–H groups in total. The molecule has 0 bridgehead atoms. The van der Waals surface area contributed by atoms with Gasteiger partial charge in [-0.1, -0.05) is 22.9 Å². The van der Waals surface area contributed by atoms with E-state index in [4.69, 9.17) is 4.74 Å². The second-order valence-electron chi connectivity index (χ2n) is 6.35. The maximum atomic E-state index is 12.8. The molecule has 1 saturated heterocycles. The first-order valence-corrected chi connectivity index (χ1v) is 9.26. The van der Waals surface area contributed by atoms with Crippen LogP contribution in [0.25, 0.3) is 0 Å². The lowest BCUT2D eigenvalue weighted by Gasteiger charge is -2.32. The number of ether oxygens (including phenoxy) is 1. The van der Waals surface area contributed by atoms with Gasteiger partial charge in [-0.05, 0) is 63.9 Å². The summed E-state index contributed by atoms with van der Waals surface area (Å²) in [7, 11) is 0. The van der Waals surface area contributed by atoms with Crippen molar-refractivity contribution in [1.82, 2.24) is 10.2 Å². The van der Waals surface area contributed by atoms with Gasteiger partial charge in [0.15, 0.2) is 0 Å². The van der Waals surface area contributed by atoms with Gasteiger partial charge in [-0.3, -0.25) is 4.79 Å². The Hall–Kier alpha value is -0.780. The summed E-state index contributed by atoms with van der Waals surface area (Å²) < 4.78 is 6.75. The molecule has 2 rings (SSSR count). The lowest BCUT2D eigenvalue weighted by Crippen LogP contribution is -2.41. The third-order valence-electron chi connectivity index (χ3n) is 4.12. The van der Waals surface area contributed by atoms with E-state index in [1.54, 1.807) is 0 Å². The van der Waals surface area contributed by atoms with E-state index in [-0.39, 0.29) is 24.4 Å². The number of benzene rings is 1. The van der Waals surface area contributed by atoms with Gasteiger partial charge in [-0.25, -0.2) is 0 Å². The van der Waals surface area contributed by atoms with Crippen LogP contribution in [0.1, 0.15) is 44.0 Å². The smallest absolute Gasteiger partial charge is 0.257 e. The highest BCUT2D eigenvalue weighted by Crippen LogP contribution is 2.27. The van der Waals surface area contributed by atoms with Crippen LogP contribution in [0.4, 0.5) is 0 Å². The maximum Gasteiger partial charge on any atom is 0.257 e. The summed E-state index contributed by atoms with van der Waals surface area (Å²) >= 11 is 3.45. The highest BCUT2D eigenvalue weighted by molar-refractivity contribution is 9.10. The number of nitrogens with zero attached hydrogens (tertiary/aromatic N) is 1. The van der Waals surface area contributed by atoms with Crippen molar-refractivity contribution in [3.63, 3.8) is 0 Å². The van der Waals surface area contributed by atoms with E-state index in [2.05, 4.69) is 28.2 Å². The van der Waals surface area contributed by atoms with Crippen molar-refractivity contribution in [2.75, 3.05) is 26.2 Å². The average molecular weight is 420 g/mol. The Balaban J connectivity index is 0.00000288. The molecule has 1 amide bonds. The van der Waals surface area contributed by atoms with Crippen LogP contribution in [-0.4, -0.2) is 43.1 Å². The summed E-state index contributed by atoms with van der Waals surface area (Å²) in [6, 6.07) is 5.64. The molecule has 1 aliphatic heterocycles. The number of hydrogen-bond acceptors (Lipinski definition) is 3. The number of hydrogen-bond donors (Lipinski definition) is 1. The standard InChI is InChI=1S/C18H27BrN2O2.ClH/c1-4-20-12-14-7-9-21(10-8-14)18(22)16-6-5-15(19)11-17(16)23-13(2)3;/h5-6,11,13-14,20H,4,7-10,12H2,1-3H3;1H. The van der Waals surface area contributed by atoms with Crippen molar-refractivity contribution in [2.24, 2.45) is 5.92 Å². The monoisotopic (exact) mass is 418 g/mol. The number of amides is 1.